The Bertz CT molecular complexity index is 446. The molecule has 0 atom stereocenters. The van der Waals surface area contributed by atoms with Crippen LogP contribution >= 0.6 is 11.3 Å². The average molecular weight is 294 g/mol. The van der Waals surface area contributed by atoms with Crippen molar-refractivity contribution in [2.24, 2.45) is 5.92 Å². The molecule has 0 radical (unpaired) electrons. The van der Waals surface area contributed by atoms with E-state index >= 15 is 0 Å². The van der Waals surface area contributed by atoms with Gasteiger partial charge in [0.2, 0.25) is 5.91 Å². The van der Waals surface area contributed by atoms with Gasteiger partial charge in [0, 0.05) is 37.5 Å². The van der Waals surface area contributed by atoms with Gasteiger partial charge in [0.1, 0.15) is 0 Å². The molecule has 1 saturated heterocycles. The molecule has 1 aromatic rings. The summed E-state index contributed by atoms with van der Waals surface area (Å²) in [6.45, 7) is 6.93. The predicted molar refractivity (Wildman–Crippen MR) is 80.9 cm³/mol. The van der Waals surface area contributed by atoms with Gasteiger partial charge in [0.15, 0.2) is 0 Å². The molecule has 0 aliphatic carbocycles. The normalized spacial score (nSPS) is 16.2. The molecular formula is C15H22N2O2S. The third-order valence-electron chi connectivity index (χ3n) is 3.97. The van der Waals surface area contributed by atoms with Crippen molar-refractivity contribution in [2.75, 3.05) is 26.2 Å². The Balaban J connectivity index is 1.89. The topological polar surface area (TPSA) is 40.6 Å². The van der Waals surface area contributed by atoms with Crippen LogP contribution in [-0.2, 0) is 4.79 Å². The fraction of sp³-hybridized carbons (Fsp3) is 0.600. The number of piperidine rings is 1. The SMILES string of the molecule is CCN(CC)C(=O)C1CCN(C(=O)c2ccsc2)CC1. The zero-order chi connectivity index (χ0) is 14.5. The van der Waals surface area contributed by atoms with Crippen molar-refractivity contribution in [1.82, 2.24) is 9.80 Å². The van der Waals surface area contributed by atoms with Gasteiger partial charge in [-0.05, 0) is 38.1 Å². The quantitative estimate of drug-likeness (QED) is 0.856. The van der Waals surface area contributed by atoms with Crippen LogP contribution in [0.5, 0.6) is 0 Å². The van der Waals surface area contributed by atoms with E-state index in [1.807, 2.05) is 40.5 Å². The zero-order valence-corrected chi connectivity index (χ0v) is 13.0. The van der Waals surface area contributed by atoms with Gasteiger partial charge in [0.25, 0.3) is 5.91 Å². The summed E-state index contributed by atoms with van der Waals surface area (Å²) in [6, 6.07) is 1.86. The summed E-state index contributed by atoms with van der Waals surface area (Å²) in [6.07, 6.45) is 1.57. The maximum Gasteiger partial charge on any atom is 0.254 e. The lowest BCUT2D eigenvalue weighted by atomic mass is 9.95. The number of carbonyl (C=O) groups excluding carboxylic acids is 2. The second kappa shape index (κ2) is 6.88. The van der Waals surface area contributed by atoms with Crippen LogP contribution in [-0.4, -0.2) is 47.8 Å². The Morgan fingerprint density at radius 3 is 2.45 bits per heavy atom. The highest BCUT2D eigenvalue weighted by Gasteiger charge is 2.29. The van der Waals surface area contributed by atoms with Crippen LogP contribution in [0.3, 0.4) is 0 Å². The van der Waals surface area contributed by atoms with E-state index in [-0.39, 0.29) is 17.7 Å². The lowest BCUT2D eigenvalue weighted by Gasteiger charge is -2.33. The minimum Gasteiger partial charge on any atom is -0.343 e. The van der Waals surface area contributed by atoms with E-state index in [1.54, 1.807) is 0 Å². The molecule has 1 fully saturated rings. The summed E-state index contributed by atoms with van der Waals surface area (Å²) in [5.41, 5.74) is 0.767. The van der Waals surface area contributed by atoms with Gasteiger partial charge >= 0.3 is 0 Å². The Hall–Kier alpha value is -1.36. The number of likely N-dealkylation sites (tertiary alicyclic amines) is 1. The van der Waals surface area contributed by atoms with E-state index in [9.17, 15) is 9.59 Å². The lowest BCUT2D eigenvalue weighted by molar-refractivity contribution is -0.136. The maximum atomic E-state index is 12.3. The van der Waals surface area contributed by atoms with Gasteiger partial charge in [-0.1, -0.05) is 0 Å². The largest absolute Gasteiger partial charge is 0.343 e. The highest BCUT2D eigenvalue weighted by Crippen LogP contribution is 2.21. The van der Waals surface area contributed by atoms with E-state index < -0.39 is 0 Å². The summed E-state index contributed by atoms with van der Waals surface area (Å²) >= 11 is 1.54. The molecule has 2 heterocycles. The molecule has 1 aromatic heterocycles. The van der Waals surface area contributed by atoms with Crippen molar-refractivity contribution in [1.29, 1.82) is 0 Å². The van der Waals surface area contributed by atoms with E-state index in [0.717, 1.165) is 31.5 Å². The molecule has 0 aromatic carbocycles. The molecule has 20 heavy (non-hydrogen) atoms. The molecule has 110 valence electrons. The van der Waals surface area contributed by atoms with Gasteiger partial charge in [-0.15, -0.1) is 0 Å². The van der Waals surface area contributed by atoms with Crippen LogP contribution in [0, 0.1) is 5.92 Å². The van der Waals surface area contributed by atoms with E-state index in [0.29, 0.717) is 13.1 Å². The smallest absolute Gasteiger partial charge is 0.254 e. The first-order valence-electron chi connectivity index (χ1n) is 7.27. The van der Waals surface area contributed by atoms with Gasteiger partial charge in [-0.3, -0.25) is 9.59 Å². The number of rotatable bonds is 4. The molecule has 2 amide bonds. The van der Waals surface area contributed by atoms with Crippen LogP contribution in [0.1, 0.15) is 37.0 Å². The first-order chi connectivity index (χ1) is 9.67. The van der Waals surface area contributed by atoms with Crippen molar-refractivity contribution < 1.29 is 9.59 Å². The summed E-state index contributed by atoms with van der Waals surface area (Å²) in [5.74, 6) is 0.430. The van der Waals surface area contributed by atoms with Crippen LogP contribution in [0.4, 0.5) is 0 Å². The van der Waals surface area contributed by atoms with Crippen LogP contribution < -0.4 is 0 Å². The lowest BCUT2D eigenvalue weighted by Crippen LogP contribution is -2.44. The molecule has 0 N–H and O–H groups in total. The van der Waals surface area contributed by atoms with E-state index in [1.165, 1.54) is 11.3 Å². The fourth-order valence-corrected chi connectivity index (χ4v) is 3.32. The molecule has 5 heteroatoms. The number of amides is 2. The molecule has 0 bridgehead atoms. The van der Waals surface area contributed by atoms with Crippen molar-refractivity contribution in [3.05, 3.63) is 22.4 Å². The first kappa shape index (κ1) is 15.0. The van der Waals surface area contributed by atoms with E-state index in [4.69, 9.17) is 0 Å². The maximum absolute atomic E-state index is 12.3. The first-order valence-corrected chi connectivity index (χ1v) is 8.21. The Kier molecular flexibility index (Phi) is 5.17. The third kappa shape index (κ3) is 3.20. The Morgan fingerprint density at radius 1 is 1.30 bits per heavy atom. The second-order valence-electron chi connectivity index (χ2n) is 5.09. The molecule has 1 aliphatic rings. The summed E-state index contributed by atoms with van der Waals surface area (Å²) < 4.78 is 0. The van der Waals surface area contributed by atoms with Crippen LogP contribution in [0.25, 0.3) is 0 Å². The van der Waals surface area contributed by atoms with Crippen molar-refractivity contribution in [2.45, 2.75) is 26.7 Å². The monoisotopic (exact) mass is 294 g/mol. The van der Waals surface area contributed by atoms with Gasteiger partial charge in [-0.2, -0.15) is 11.3 Å². The molecule has 1 aliphatic heterocycles. The standard InChI is InChI=1S/C15H22N2O2S/c1-3-16(4-2)14(18)12-5-8-17(9-6-12)15(19)13-7-10-20-11-13/h7,10-12H,3-6,8-9H2,1-2H3. The highest BCUT2D eigenvalue weighted by atomic mass is 32.1. The zero-order valence-electron chi connectivity index (χ0n) is 12.2. The molecular weight excluding hydrogens is 272 g/mol. The molecule has 0 unspecified atom stereocenters. The van der Waals surface area contributed by atoms with Crippen molar-refractivity contribution in [3.8, 4) is 0 Å². The molecule has 0 spiro atoms. The number of carbonyl (C=O) groups is 2. The number of hydrogen-bond acceptors (Lipinski definition) is 3. The Labute approximate surface area is 124 Å². The van der Waals surface area contributed by atoms with Crippen molar-refractivity contribution in [3.63, 3.8) is 0 Å². The number of hydrogen-bond donors (Lipinski definition) is 0. The molecule has 0 saturated carbocycles. The van der Waals surface area contributed by atoms with Crippen LogP contribution in [0.2, 0.25) is 0 Å². The van der Waals surface area contributed by atoms with Gasteiger partial charge in [0.05, 0.1) is 5.56 Å². The summed E-state index contributed by atoms with van der Waals surface area (Å²) in [7, 11) is 0. The fourth-order valence-electron chi connectivity index (χ4n) is 2.69. The highest BCUT2D eigenvalue weighted by molar-refractivity contribution is 7.08. The Morgan fingerprint density at radius 2 is 1.95 bits per heavy atom. The summed E-state index contributed by atoms with van der Waals surface area (Å²) in [4.78, 5) is 28.3. The average Bonchev–Trinajstić information content (AvgIpc) is 3.02. The predicted octanol–water partition coefficient (Wildman–Crippen LogP) is 2.47. The minimum atomic E-state index is 0.0847. The number of thiophene rings is 1. The molecule has 4 nitrogen and oxygen atoms in total. The molecule has 2 rings (SSSR count). The number of nitrogens with zero attached hydrogens (tertiary/aromatic N) is 2. The van der Waals surface area contributed by atoms with Crippen LogP contribution in [0.15, 0.2) is 16.8 Å². The van der Waals surface area contributed by atoms with E-state index in [2.05, 4.69) is 0 Å². The van der Waals surface area contributed by atoms with Gasteiger partial charge < -0.3 is 9.80 Å². The summed E-state index contributed by atoms with van der Waals surface area (Å²) in [5, 5.41) is 3.80. The minimum absolute atomic E-state index is 0.0847. The second-order valence-corrected chi connectivity index (χ2v) is 5.87. The third-order valence-corrected chi connectivity index (χ3v) is 4.66. The van der Waals surface area contributed by atoms with Gasteiger partial charge in [-0.25, -0.2) is 0 Å². The van der Waals surface area contributed by atoms with Crippen molar-refractivity contribution >= 4 is 23.2 Å².